The molecule has 7 unspecified atom stereocenters. The van der Waals surface area contributed by atoms with Crippen molar-refractivity contribution in [2.75, 3.05) is 19.6 Å². The Bertz CT molecular complexity index is 1080. The molecule has 0 aromatic heterocycles. The molecule has 228 valence electrons. The molecule has 7 nitrogen and oxygen atoms in total. The lowest BCUT2D eigenvalue weighted by Gasteiger charge is -2.60. The molecular formula is C34H51NO6. The van der Waals surface area contributed by atoms with E-state index in [4.69, 9.17) is 4.74 Å². The minimum absolute atomic E-state index is 0.0232. The zero-order chi connectivity index (χ0) is 29.2. The van der Waals surface area contributed by atoms with Gasteiger partial charge in [0.1, 0.15) is 11.7 Å². The largest absolute Gasteiger partial charge is 0.481 e. The second kappa shape index (κ2) is 10.8. The quantitative estimate of drug-likeness (QED) is 0.184. The molecule has 41 heavy (non-hydrogen) atoms. The van der Waals surface area contributed by atoms with Gasteiger partial charge in [0.15, 0.2) is 0 Å². The summed E-state index contributed by atoms with van der Waals surface area (Å²) in [5.41, 5.74) is -1.69. The summed E-state index contributed by atoms with van der Waals surface area (Å²) in [7, 11) is 0. The van der Waals surface area contributed by atoms with Crippen LogP contribution in [0, 0.1) is 51.8 Å². The van der Waals surface area contributed by atoms with Crippen LogP contribution in [0.4, 0.5) is 0 Å². The molecule has 0 aromatic rings. The SMILES string of the molecule is CC(C)C1=CC2CC3(C=O)[C@@H]4CC[C@@H](C)[C@H]4CC2(C2CC(CCCCC(=O)O)C(CN4CCCCC4)O2)C13C(=O)O. The van der Waals surface area contributed by atoms with Gasteiger partial charge in [-0.15, -0.1) is 0 Å². The molecule has 0 amide bonds. The molecular weight excluding hydrogens is 518 g/mol. The number of carbonyl (C=O) groups is 3. The average Bonchev–Trinajstić information content (AvgIpc) is 3.64. The first kappa shape index (κ1) is 29.3. The van der Waals surface area contributed by atoms with Crippen molar-refractivity contribution in [2.45, 2.75) is 110 Å². The summed E-state index contributed by atoms with van der Waals surface area (Å²) in [6, 6.07) is 0. The topological polar surface area (TPSA) is 104 Å². The van der Waals surface area contributed by atoms with Crippen LogP contribution in [0.5, 0.6) is 0 Å². The van der Waals surface area contributed by atoms with Gasteiger partial charge < -0.3 is 24.6 Å². The number of fused-ring (bicyclic) bond motifs is 2. The van der Waals surface area contributed by atoms with Gasteiger partial charge in [0.2, 0.25) is 0 Å². The highest BCUT2D eigenvalue weighted by atomic mass is 16.5. The Hall–Kier alpha value is -1.73. The number of likely N-dealkylation sites (tertiary alicyclic amines) is 1. The highest BCUT2D eigenvalue weighted by Crippen LogP contribution is 2.84. The highest BCUT2D eigenvalue weighted by Gasteiger charge is 2.86. The second-order valence-electron chi connectivity index (χ2n) is 15.0. The minimum Gasteiger partial charge on any atom is -0.481 e. The van der Waals surface area contributed by atoms with Crippen molar-refractivity contribution in [3.63, 3.8) is 0 Å². The van der Waals surface area contributed by atoms with Crippen LogP contribution in [0.3, 0.4) is 0 Å². The monoisotopic (exact) mass is 569 g/mol. The molecule has 4 aliphatic carbocycles. The number of hydrogen-bond donors (Lipinski definition) is 2. The van der Waals surface area contributed by atoms with Gasteiger partial charge in [-0.05, 0) is 100.0 Å². The van der Waals surface area contributed by atoms with Gasteiger partial charge in [-0.25, -0.2) is 0 Å². The predicted octanol–water partition coefficient (Wildman–Crippen LogP) is 5.82. The first-order valence-corrected chi connectivity index (χ1v) is 16.6. The molecule has 10 atom stereocenters. The second-order valence-corrected chi connectivity index (χ2v) is 15.0. The zero-order valence-electron chi connectivity index (χ0n) is 25.4. The van der Waals surface area contributed by atoms with Crippen molar-refractivity contribution in [1.82, 2.24) is 4.90 Å². The molecule has 3 saturated carbocycles. The number of rotatable bonds is 11. The van der Waals surface area contributed by atoms with Crippen LogP contribution in [-0.2, 0) is 19.1 Å². The smallest absolute Gasteiger partial charge is 0.315 e. The highest BCUT2D eigenvalue weighted by molar-refractivity contribution is 5.90. The number of ether oxygens (including phenoxy) is 1. The fourth-order valence-corrected chi connectivity index (χ4v) is 11.6. The van der Waals surface area contributed by atoms with Crippen LogP contribution >= 0.6 is 0 Å². The molecule has 0 radical (unpaired) electrons. The fourth-order valence-electron chi connectivity index (χ4n) is 11.6. The maximum Gasteiger partial charge on any atom is 0.315 e. The van der Waals surface area contributed by atoms with Gasteiger partial charge in [-0.2, -0.15) is 0 Å². The first-order valence-electron chi connectivity index (χ1n) is 16.6. The Balaban J connectivity index is 1.39. The summed E-state index contributed by atoms with van der Waals surface area (Å²) in [5.74, 6) is -0.192. The van der Waals surface area contributed by atoms with E-state index < -0.39 is 28.2 Å². The third-order valence-corrected chi connectivity index (χ3v) is 13.1. The predicted molar refractivity (Wildman–Crippen MR) is 155 cm³/mol. The van der Waals surface area contributed by atoms with E-state index in [0.717, 1.165) is 70.0 Å². The lowest BCUT2D eigenvalue weighted by atomic mass is 9.41. The third-order valence-electron chi connectivity index (χ3n) is 13.1. The number of nitrogens with zero attached hydrogens (tertiary/aromatic N) is 1. The molecule has 2 saturated heterocycles. The molecule has 2 N–H and O–H groups in total. The molecule has 5 fully saturated rings. The Labute approximate surface area is 245 Å². The standard InChI is InChI=1S/C34H51NO6/c1-21(2)27-16-24-17-32(20-36)26-12-11-22(3)25(26)18-33(24,34(27,32)31(39)40)29-15-23(9-5-6-10-30(37)38)28(41-29)19-35-13-7-4-8-14-35/h16,20-26,28-29H,4-15,17-19H2,1-3H3,(H,37,38)(H,39,40)/t22-,23?,24?,25-,26-,28?,29?,32?,33?,34?/m1/s1. The molecule has 2 heterocycles. The van der Waals surface area contributed by atoms with Crippen LogP contribution in [0.1, 0.15) is 97.8 Å². The van der Waals surface area contributed by atoms with Crippen molar-refractivity contribution < 1.29 is 29.3 Å². The molecule has 4 bridgehead atoms. The molecule has 6 rings (SSSR count). The van der Waals surface area contributed by atoms with E-state index in [9.17, 15) is 24.6 Å². The Morgan fingerprint density at radius 1 is 1.12 bits per heavy atom. The average molecular weight is 570 g/mol. The first-order chi connectivity index (χ1) is 19.6. The number of allylic oxidation sites excluding steroid dienone is 1. The molecule has 6 aliphatic rings. The van der Waals surface area contributed by atoms with Crippen LogP contribution in [0.2, 0.25) is 0 Å². The number of carboxylic acids is 2. The normalized spacial score (nSPS) is 45.2. The van der Waals surface area contributed by atoms with E-state index in [1.807, 2.05) is 0 Å². The van der Waals surface area contributed by atoms with E-state index in [1.54, 1.807) is 0 Å². The fraction of sp³-hybridized carbons (Fsp3) is 0.853. The molecule has 7 heteroatoms. The van der Waals surface area contributed by atoms with Crippen LogP contribution in [0.15, 0.2) is 11.6 Å². The van der Waals surface area contributed by atoms with Crippen LogP contribution in [-0.4, -0.2) is 65.2 Å². The summed E-state index contributed by atoms with van der Waals surface area (Å²) in [6.07, 6.45) is 13.8. The number of carbonyl (C=O) groups excluding carboxylic acids is 1. The number of aldehydes is 1. The van der Waals surface area contributed by atoms with Gasteiger partial charge in [0.25, 0.3) is 0 Å². The zero-order valence-corrected chi connectivity index (χ0v) is 25.4. The van der Waals surface area contributed by atoms with E-state index >= 15 is 0 Å². The number of unbranched alkanes of at least 4 members (excludes halogenated alkanes) is 1. The Kier molecular flexibility index (Phi) is 7.71. The van der Waals surface area contributed by atoms with Crippen molar-refractivity contribution in [3.8, 4) is 0 Å². The summed E-state index contributed by atoms with van der Waals surface area (Å²) < 4.78 is 7.20. The van der Waals surface area contributed by atoms with Gasteiger partial charge >= 0.3 is 11.9 Å². The molecule has 0 aromatic carbocycles. The van der Waals surface area contributed by atoms with Crippen molar-refractivity contribution in [2.24, 2.45) is 51.8 Å². The summed E-state index contributed by atoms with van der Waals surface area (Å²) in [4.78, 5) is 41.1. The molecule has 0 spiro atoms. The van der Waals surface area contributed by atoms with E-state index in [0.29, 0.717) is 24.7 Å². The van der Waals surface area contributed by atoms with E-state index in [2.05, 4.69) is 31.7 Å². The van der Waals surface area contributed by atoms with Crippen molar-refractivity contribution in [1.29, 1.82) is 0 Å². The van der Waals surface area contributed by atoms with Crippen LogP contribution in [0.25, 0.3) is 0 Å². The van der Waals surface area contributed by atoms with Gasteiger partial charge in [0.05, 0.1) is 17.6 Å². The van der Waals surface area contributed by atoms with Crippen molar-refractivity contribution >= 4 is 18.2 Å². The summed E-state index contributed by atoms with van der Waals surface area (Å²) >= 11 is 0. The van der Waals surface area contributed by atoms with Crippen LogP contribution < -0.4 is 0 Å². The number of piperidine rings is 1. The lowest BCUT2D eigenvalue weighted by molar-refractivity contribution is -0.197. The Morgan fingerprint density at radius 3 is 2.54 bits per heavy atom. The molecule has 2 aliphatic heterocycles. The number of hydrogen-bond acceptors (Lipinski definition) is 5. The maximum atomic E-state index is 13.9. The van der Waals surface area contributed by atoms with Gasteiger partial charge in [0, 0.05) is 18.4 Å². The minimum atomic E-state index is -1.20. The number of aliphatic carboxylic acids is 2. The number of carboxylic acid groups (broad SMARTS) is 2. The lowest BCUT2D eigenvalue weighted by Crippen LogP contribution is -2.65. The van der Waals surface area contributed by atoms with Gasteiger partial charge in [-0.3, -0.25) is 9.59 Å². The summed E-state index contributed by atoms with van der Waals surface area (Å²) in [6.45, 7) is 9.55. The van der Waals surface area contributed by atoms with Crippen molar-refractivity contribution in [3.05, 3.63) is 11.6 Å². The van der Waals surface area contributed by atoms with E-state index in [1.165, 1.54) is 19.3 Å². The Morgan fingerprint density at radius 2 is 1.88 bits per heavy atom. The van der Waals surface area contributed by atoms with Gasteiger partial charge in [-0.1, -0.05) is 51.7 Å². The summed E-state index contributed by atoms with van der Waals surface area (Å²) in [5, 5.41) is 20.6. The van der Waals surface area contributed by atoms with E-state index in [-0.39, 0.29) is 42.3 Å². The maximum absolute atomic E-state index is 13.9. The third kappa shape index (κ3) is 4.07.